The van der Waals surface area contributed by atoms with Crippen LogP contribution in [0.5, 0.6) is 0 Å². The molecule has 250 valence electrons. The molecule has 1 fully saturated rings. The van der Waals surface area contributed by atoms with Gasteiger partial charge in [-0.15, -0.1) is 0 Å². The van der Waals surface area contributed by atoms with Gasteiger partial charge in [0.1, 0.15) is 5.60 Å². The van der Waals surface area contributed by atoms with E-state index < -0.39 is 65.7 Å². The summed E-state index contributed by atoms with van der Waals surface area (Å²) in [4.78, 5) is 73.3. The molecule has 1 amide bonds. The van der Waals surface area contributed by atoms with Gasteiger partial charge in [0.2, 0.25) is 11.9 Å². The van der Waals surface area contributed by atoms with Crippen molar-refractivity contribution < 1.29 is 57.4 Å². The normalized spacial score (nSPS) is 21.2. The van der Waals surface area contributed by atoms with Gasteiger partial charge < -0.3 is 38.3 Å². The molecular weight excluding hydrogens is 602 g/mol. The lowest BCUT2D eigenvalue weighted by molar-refractivity contribution is -0.182. The highest BCUT2D eigenvalue weighted by molar-refractivity contribution is 5.91. The number of aliphatic hydroxyl groups excluding tert-OH is 1. The van der Waals surface area contributed by atoms with E-state index in [0.717, 1.165) is 21.0 Å². The van der Waals surface area contributed by atoms with Crippen LogP contribution in [0.2, 0.25) is 0 Å². The van der Waals surface area contributed by atoms with Crippen LogP contribution >= 0.6 is 0 Å². The minimum atomic E-state index is -1.76. The molecule has 1 saturated heterocycles. The Morgan fingerprint density at radius 2 is 1.71 bits per heavy atom. The number of hydrogen-bond donors (Lipinski definition) is 3. The van der Waals surface area contributed by atoms with Crippen molar-refractivity contribution in [3.63, 3.8) is 0 Å². The lowest BCUT2D eigenvalue weighted by atomic mass is 9.91. The summed E-state index contributed by atoms with van der Waals surface area (Å²) in [5.74, 6) is -3.29. The Balaban J connectivity index is 2.00. The van der Waals surface area contributed by atoms with Gasteiger partial charge >= 0.3 is 17.9 Å². The second kappa shape index (κ2) is 16.4. The number of nitrogens with zero attached hydrogens (tertiary/aromatic N) is 3. The van der Waals surface area contributed by atoms with Gasteiger partial charge in [-0.05, 0) is 0 Å². The van der Waals surface area contributed by atoms with Crippen LogP contribution in [0.4, 0.5) is 5.95 Å². The Hall–Kier alpha value is -3.97. The summed E-state index contributed by atoms with van der Waals surface area (Å²) in [5, 5.41) is 11.3. The predicted octanol–water partition coefficient (Wildman–Crippen LogP) is -0.550. The van der Waals surface area contributed by atoms with Crippen LogP contribution in [-0.2, 0) is 52.3 Å². The summed E-state index contributed by atoms with van der Waals surface area (Å²) in [5.41, 5.74) is -2.63. The number of amides is 1. The third-order valence-corrected chi connectivity index (χ3v) is 6.52. The van der Waals surface area contributed by atoms with Crippen LogP contribution in [-0.4, -0.2) is 120 Å². The molecule has 0 spiro atoms. The molecule has 18 heteroatoms. The van der Waals surface area contributed by atoms with Crippen LogP contribution in [0.1, 0.15) is 40.3 Å². The minimum Gasteiger partial charge on any atom is -0.469 e. The van der Waals surface area contributed by atoms with Gasteiger partial charge in [-0.25, -0.2) is 4.98 Å². The van der Waals surface area contributed by atoms with Crippen molar-refractivity contribution in [3.05, 3.63) is 16.7 Å². The van der Waals surface area contributed by atoms with Gasteiger partial charge in [0.15, 0.2) is 29.6 Å². The monoisotopic (exact) mass is 641 g/mol. The zero-order valence-corrected chi connectivity index (χ0v) is 25.7. The lowest BCUT2D eigenvalue weighted by Gasteiger charge is -2.33. The van der Waals surface area contributed by atoms with Crippen molar-refractivity contribution in [2.75, 3.05) is 58.7 Å². The molecule has 0 unspecified atom stereocenters. The molecule has 3 heterocycles. The van der Waals surface area contributed by atoms with E-state index in [1.54, 1.807) is 13.8 Å². The maximum atomic E-state index is 12.8. The molecule has 0 saturated carbocycles. The van der Waals surface area contributed by atoms with E-state index in [2.05, 4.69) is 20.3 Å². The van der Waals surface area contributed by atoms with Gasteiger partial charge in [0.25, 0.3) is 5.56 Å². The molecule has 3 N–H and O–H groups in total. The fourth-order valence-electron chi connectivity index (χ4n) is 4.51. The van der Waals surface area contributed by atoms with E-state index in [1.807, 2.05) is 0 Å². The van der Waals surface area contributed by atoms with E-state index >= 15 is 0 Å². The number of anilines is 1. The predicted molar refractivity (Wildman–Crippen MR) is 152 cm³/mol. The first-order valence-corrected chi connectivity index (χ1v) is 14.1. The summed E-state index contributed by atoms with van der Waals surface area (Å²) < 4.78 is 40.1. The molecule has 18 nitrogen and oxygen atoms in total. The highest BCUT2D eigenvalue weighted by Gasteiger charge is 2.61. The molecule has 2 aromatic heterocycles. The van der Waals surface area contributed by atoms with Crippen LogP contribution in [0.3, 0.4) is 0 Å². The third-order valence-electron chi connectivity index (χ3n) is 6.52. The number of aromatic amines is 1. The first kappa shape index (κ1) is 35.5. The summed E-state index contributed by atoms with van der Waals surface area (Å²) in [6, 6.07) is 0. The number of imidazole rings is 1. The molecule has 45 heavy (non-hydrogen) atoms. The summed E-state index contributed by atoms with van der Waals surface area (Å²) in [6.45, 7) is 5.93. The molecule has 0 aromatic carbocycles. The van der Waals surface area contributed by atoms with Crippen molar-refractivity contribution in [1.82, 2.24) is 19.5 Å². The third kappa shape index (κ3) is 9.27. The SMILES string of the molecule is COC(=O)C[C@]1(COCCOCCOCCO)O[C@@H](n2cnc3c(=O)[nH]c(NC(=O)C(C)C)nc32)[C@H](OC(C)=O)[C@@H]1OC(C)=O. The number of H-pyrrole nitrogens is 1. The van der Waals surface area contributed by atoms with Crippen LogP contribution in [0, 0.1) is 5.92 Å². The average Bonchev–Trinajstić information content (AvgIpc) is 3.51. The van der Waals surface area contributed by atoms with Crippen LogP contribution in [0.25, 0.3) is 11.2 Å². The molecular formula is C27H39N5O13. The number of carbonyl (C=O) groups is 4. The zero-order valence-electron chi connectivity index (χ0n) is 25.7. The fourth-order valence-corrected chi connectivity index (χ4v) is 4.51. The number of fused-ring (bicyclic) bond motifs is 1. The van der Waals surface area contributed by atoms with Gasteiger partial charge in [0.05, 0.1) is 66.1 Å². The average molecular weight is 642 g/mol. The topological polar surface area (TPSA) is 229 Å². The Labute approximate surface area is 257 Å². The number of methoxy groups -OCH3 is 1. The second-order valence-corrected chi connectivity index (χ2v) is 10.3. The number of aliphatic hydroxyl groups is 1. The van der Waals surface area contributed by atoms with E-state index in [0.29, 0.717) is 0 Å². The van der Waals surface area contributed by atoms with Crippen molar-refractivity contribution in [1.29, 1.82) is 0 Å². The van der Waals surface area contributed by atoms with E-state index in [1.165, 1.54) is 10.9 Å². The molecule has 4 atom stereocenters. The Bertz CT molecular complexity index is 1390. The van der Waals surface area contributed by atoms with Crippen molar-refractivity contribution >= 4 is 40.9 Å². The minimum absolute atomic E-state index is 0.0197. The number of ether oxygens (including phenoxy) is 7. The first-order valence-electron chi connectivity index (χ1n) is 14.1. The lowest BCUT2D eigenvalue weighted by Crippen LogP contribution is -2.51. The number of carbonyl (C=O) groups excluding carboxylic acids is 4. The van der Waals surface area contributed by atoms with Gasteiger partial charge in [-0.3, -0.25) is 38.8 Å². The molecule has 0 aliphatic carbocycles. The number of rotatable bonds is 17. The number of aromatic nitrogens is 4. The summed E-state index contributed by atoms with van der Waals surface area (Å²) in [6.07, 6.45) is -3.43. The largest absolute Gasteiger partial charge is 0.469 e. The highest BCUT2D eigenvalue weighted by atomic mass is 16.7. The molecule has 3 rings (SSSR count). The first-order chi connectivity index (χ1) is 21.4. The highest BCUT2D eigenvalue weighted by Crippen LogP contribution is 2.44. The van der Waals surface area contributed by atoms with Crippen LogP contribution < -0.4 is 10.9 Å². The van der Waals surface area contributed by atoms with Gasteiger partial charge in [-0.2, -0.15) is 4.98 Å². The van der Waals surface area contributed by atoms with E-state index in [4.69, 9.17) is 38.3 Å². The summed E-state index contributed by atoms with van der Waals surface area (Å²) >= 11 is 0. The number of hydrogen-bond acceptors (Lipinski definition) is 15. The quantitative estimate of drug-likeness (QED) is 0.112. The molecule has 0 radical (unpaired) electrons. The zero-order chi connectivity index (χ0) is 33.1. The standard InChI is InChI=1S/C27H39N5O13/c1-15(2)23(37)30-26-29-22-19(24(38)31-26)28-14-32(22)25-20(43-16(3)34)21(44-17(4)35)27(45-25,12-18(36)39-5)13-42-11-10-41-9-8-40-7-6-33/h14-15,20-21,25,33H,6-13H2,1-5H3,(H2,29,30,31,37,38)/t20-,21+,25-,27-/m1/s1. The van der Waals surface area contributed by atoms with Gasteiger partial charge in [0, 0.05) is 19.8 Å². The molecule has 0 bridgehead atoms. The van der Waals surface area contributed by atoms with Gasteiger partial charge in [-0.1, -0.05) is 13.8 Å². The van der Waals surface area contributed by atoms with E-state index in [9.17, 15) is 24.0 Å². The Morgan fingerprint density at radius 1 is 1.07 bits per heavy atom. The maximum Gasteiger partial charge on any atom is 0.308 e. The molecule has 1 aliphatic rings. The Kier molecular flexibility index (Phi) is 12.9. The Morgan fingerprint density at radius 3 is 2.31 bits per heavy atom. The maximum absolute atomic E-state index is 12.8. The number of nitrogens with one attached hydrogen (secondary N) is 2. The van der Waals surface area contributed by atoms with E-state index in [-0.39, 0.29) is 63.4 Å². The molecule has 1 aliphatic heterocycles. The number of esters is 3. The van der Waals surface area contributed by atoms with Crippen molar-refractivity contribution in [3.8, 4) is 0 Å². The van der Waals surface area contributed by atoms with Crippen molar-refractivity contribution in [2.45, 2.75) is 58.2 Å². The van der Waals surface area contributed by atoms with Crippen LogP contribution in [0.15, 0.2) is 11.1 Å². The summed E-state index contributed by atoms with van der Waals surface area (Å²) in [7, 11) is 1.16. The second-order valence-electron chi connectivity index (χ2n) is 10.3. The van der Waals surface area contributed by atoms with Crippen molar-refractivity contribution in [2.24, 2.45) is 5.92 Å². The fraction of sp³-hybridized carbons (Fsp3) is 0.667. The molecule has 2 aromatic rings. The smallest absolute Gasteiger partial charge is 0.308 e.